The van der Waals surface area contributed by atoms with Gasteiger partial charge < -0.3 is 5.32 Å². The van der Waals surface area contributed by atoms with E-state index in [1.165, 1.54) is 23.3 Å². The molecule has 0 radical (unpaired) electrons. The molecule has 0 bridgehead atoms. The topological polar surface area (TPSA) is 36.4 Å². The number of nitrogens with one attached hydrogen (secondary N) is 2. The van der Waals surface area contributed by atoms with Crippen molar-refractivity contribution in [3.63, 3.8) is 0 Å². The summed E-state index contributed by atoms with van der Waals surface area (Å²) in [7, 11) is 0. The first kappa shape index (κ1) is 13.7. The molecule has 3 rings (SSSR count). The van der Waals surface area contributed by atoms with Crippen LogP contribution in [0, 0.1) is 5.82 Å². The zero-order valence-corrected chi connectivity index (χ0v) is 12.1. The molecule has 0 spiro atoms. The molecular formula is C16H14FN3S. The van der Waals surface area contributed by atoms with Crippen LogP contribution in [0.2, 0.25) is 0 Å². The molecule has 0 saturated carbocycles. The number of benzene rings is 2. The van der Waals surface area contributed by atoms with Gasteiger partial charge in [-0.3, -0.25) is 5.43 Å². The van der Waals surface area contributed by atoms with E-state index in [4.69, 9.17) is 12.2 Å². The van der Waals surface area contributed by atoms with Crippen LogP contribution in [0.5, 0.6) is 0 Å². The summed E-state index contributed by atoms with van der Waals surface area (Å²) in [6, 6.07) is 14.2. The molecule has 21 heavy (non-hydrogen) atoms. The number of halogens is 1. The summed E-state index contributed by atoms with van der Waals surface area (Å²) in [4.78, 5) is 0. The van der Waals surface area contributed by atoms with Gasteiger partial charge in [-0.05, 0) is 54.9 Å². The fourth-order valence-corrected chi connectivity index (χ4v) is 2.50. The summed E-state index contributed by atoms with van der Waals surface area (Å²) in [5.74, 6) is -0.276. The van der Waals surface area contributed by atoms with E-state index in [0.29, 0.717) is 5.11 Å². The summed E-state index contributed by atoms with van der Waals surface area (Å²) in [5.41, 5.74) is 7.07. The minimum absolute atomic E-state index is 0.276. The number of hydrogen-bond acceptors (Lipinski definition) is 2. The lowest BCUT2D eigenvalue weighted by Crippen LogP contribution is -2.25. The normalized spacial score (nSPS) is 14.8. The molecule has 2 aromatic rings. The van der Waals surface area contributed by atoms with Crippen LogP contribution in [-0.4, -0.2) is 10.8 Å². The van der Waals surface area contributed by atoms with Crippen molar-refractivity contribution in [3.8, 4) is 0 Å². The van der Waals surface area contributed by atoms with Crippen molar-refractivity contribution < 1.29 is 4.39 Å². The molecule has 0 amide bonds. The molecule has 2 N–H and O–H groups in total. The van der Waals surface area contributed by atoms with Crippen LogP contribution < -0.4 is 10.7 Å². The van der Waals surface area contributed by atoms with Gasteiger partial charge in [-0.25, -0.2) is 4.39 Å². The zero-order chi connectivity index (χ0) is 14.7. The lowest BCUT2D eigenvalue weighted by Gasteiger charge is -2.07. The van der Waals surface area contributed by atoms with Gasteiger partial charge in [0.25, 0.3) is 0 Å². The zero-order valence-electron chi connectivity index (χ0n) is 11.3. The number of hydrogen-bond donors (Lipinski definition) is 2. The Labute approximate surface area is 127 Å². The quantitative estimate of drug-likeness (QED) is 0.658. The van der Waals surface area contributed by atoms with E-state index >= 15 is 0 Å². The summed E-state index contributed by atoms with van der Waals surface area (Å²) in [6.45, 7) is 0. The monoisotopic (exact) mass is 299 g/mol. The fourth-order valence-electron chi connectivity index (χ4n) is 2.33. The third-order valence-corrected chi connectivity index (χ3v) is 3.55. The molecule has 0 heterocycles. The first-order valence-corrected chi connectivity index (χ1v) is 7.10. The van der Waals surface area contributed by atoms with E-state index in [9.17, 15) is 4.39 Å². The van der Waals surface area contributed by atoms with Crippen molar-refractivity contribution in [1.29, 1.82) is 0 Å². The molecule has 0 saturated heterocycles. The minimum Gasteiger partial charge on any atom is -0.331 e. The smallest absolute Gasteiger partial charge is 0.191 e. The predicted octanol–water partition coefficient (Wildman–Crippen LogP) is 3.46. The Bertz CT molecular complexity index is 695. The number of anilines is 1. The van der Waals surface area contributed by atoms with Crippen LogP contribution in [-0.2, 0) is 6.42 Å². The number of aryl methyl sites for hydroxylation is 1. The van der Waals surface area contributed by atoms with Crippen molar-refractivity contribution in [2.24, 2.45) is 5.10 Å². The van der Waals surface area contributed by atoms with Crippen molar-refractivity contribution >= 4 is 28.7 Å². The SMILES string of the molecule is Fc1ccc(NC(=S)N/N=C2\CCc3ccccc32)cc1. The Kier molecular flexibility index (Phi) is 3.92. The van der Waals surface area contributed by atoms with Crippen molar-refractivity contribution in [2.75, 3.05) is 5.32 Å². The van der Waals surface area contributed by atoms with E-state index in [1.807, 2.05) is 12.1 Å². The standard InChI is InChI=1S/C16H14FN3S/c17-12-6-8-13(9-7-12)18-16(21)20-19-15-10-5-11-3-1-2-4-14(11)15/h1-4,6-9H,5,10H2,(H2,18,20,21)/b19-15+. The molecular weight excluding hydrogens is 285 g/mol. The van der Waals surface area contributed by atoms with Crippen LogP contribution in [0.3, 0.4) is 0 Å². The van der Waals surface area contributed by atoms with Crippen LogP contribution >= 0.6 is 12.2 Å². The number of thiocarbonyl (C=S) groups is 1. The van der Waals surface area contributed by atoms with Gasteiger partial charge in [0.2, 0.25) is 0 Å². The Morgan fingerprint density at radius 3 is 2.62 bits per heavy atom. The van der Waals surface area contributed by atoms with Crippen molar-refractivity contribution in [1.82, 2.24) is 5.43 Å². The second-order valence-electron chi connectivity index (χ2n) is 4.79. The van der Waals surface area contributed by atoms with Gasteiger partial charge in [0.1, 0.15) is 5.82 Å². The molecule has 0 unspecified atom stereocenters. The lowest BCUT2D eigenvalue weighted by molar-refractivity contribution is 0.628. The maximum absolute atomic E-state index is 12.8. The molecule has 0 fully saturated rings. The van der Waals surface area contributed by atoms with Gasteiger partial charge in [-0.1, -0.05) is 24.3 Å². The minimum atomic E-state index is -0.276. The highest BCUT2D eigenvalue weighted by atomic mass is 32.1. The maximum atomic E-state index is 12.8. The first-order chi connectivity index (χ1) is 10.2. The molecule has 5 heteroatoms. The average molecular weight is 299 g/mol. The Morgan fingerprint density at radius 2 is 1.81 bits per heavy atom. The van der Waals surface area contributed by atoms with Crippen molar-refractivity contribution in [2.45, 2.75) is 12.8 Å². The van der Waals surface area contributed by atoms with Crippen LogP contribution in [0.15, 0.2) is 53.6 Å². The van der Waals surface area contributed by atoms with E-state index < -0.39 is 0 Å². The predicted molar refractivity (Wildman–Crippen MR) is 87.1 cm³/mol. The van der Waals surface area contributed by atoms with Crippen LogP contribution in [0.25, 0.3) is 0 Å². The van der Waals surface area contributed by atoms with E-state index in [0.717, 1.165) is 24.2 Å². The first-order valence-electron chi connectivity index (χ1n) is 6.70. The van der Waals surface area contributed by atoms with Gasteiger partial charge in [0, 0.05) is 11.3 Å². The van der Waals surface area contributed by atoms with E-state index in [-0.39, 0.29) is 5.82 Å². The third kappa shape index (κ3) is 3.25. The van der Waals surface area contributed by atoms with E-state index in [1.54, 1.807) is 12.1 Å². The molecule has 0 atom stereocenters. The second kappa shape index (κ2) is 6.01. The third-order valence-electron chi connectivity index (χ3n) is 3.35. The van der Waals surface area contributed by atoms with Crippen molar-refractivity contribution in [3.05, 3.63) is 65.5 Å². The van der Waals surface area contributed by atoms with Crippen LogP contribution in [0.4, 0.5) is 10.1 Å². The Morgan fingerprint density at radius 1 is 1.05 bits per heavy atom. The fraction of sp³-hybridized carbons (Fsp3) is 0.125. The molecule has 106 valence electrons. The summed E-state index contributed by atoms with van der Waals surface area (Å²) >= 11 is 5.18. The number of rotatable bonds is 2. The summed E-state index contributed by atoms with van der Waals surface area (Å²) in [6.07, 6.45) is 1.92. The van der Waals surface area contributed by atoms with Gasteiger partial charge in [0.15, 0.2) is 5.11 Å². The van der Waals surface area contributed by atoms with Gasteiger partial charge in [-0.2, -0.15) is 5.10 Å². The highest BCUT2D eigenvalue weighted by molar-refractivity contribution is 7.80. The highest BCUT2D eigenvalue weighted by Gasteiger charge is 2.16. The second-order valence-corrected chi connectivity index (χ2v) is 5.20. The molecule has 0 aromatic heterocycles. The number of hydrazone groups is 1. The molecule has 1 aliphatic carbocycles. The number of fused-ring (bicyclic) bond motifs is 1. The van der Waals surface area contributed by atoms with Gasteiger partial charge in [0.05, 0.1) is 5.71 Å². The summed E-state index contributed by atoms with van der Waals surface area (Å²) < 4.78 is 12.8. The van der Waals surface area contributed by atoms with E-state index in [2.05, 4.69) is 28.0 Å². The lowest BCUT2D eigenvalue weighted by atomic mass is 10.1. The summed E-state index contributed by atoms with van der Waals surface area (Å²) in [5, 5.41) is 7.72. The average Bonchev–Trinajstić information content (AvgIpc) is 2.91. The molecule has 0 aliphatic heterocycles. The maximum Gasteiger partial charge on any atom is 0.191 e. The molecule has 2 aromatic carbocycles. The number of nitrogens with zero attached hydrogens (tertiary/aromatic N) is 1. The Balaban J connectivity index is 1.64. The highest BCUT2D eigenvalue weighted by Crippen LogP contribution is 2.21. The van der Waals surface area contributed by atoms with Gasteiger partial charge >= 0.3 is 0 Å². The Hall–Kier alpha value is -2.27. The molecule has 1 aliphatic rings. The van der Waals surface area contributed by atoms with Gasteiger partial charge in [-0.15, -0.1) is 0 Å². The largest absolute Gasteiger partial charge is 0.331 e. The van der Waals surface area contributed by atoms with Crippen LogP contribution in [0.1, 0.15) is 17.5 Å². The molecule has 3 nitrogen and oxygen atoms in total.